The molecule has 3 aliphatic rings. The average molecular weight is 473 g/mol. The quantitative estimate of drug-likeness (QED) is 0.611. The molecular weight excluding hydrogens is 444 g/mol. The summed E-state index contributed by atoms with van der Waals surface area (Å²) in [6.07, 6.45) is -2.44. The molecule has 11 nitrogen and oxygen atoms in total. The zero-order valence-corrected chi connectivity index (χ0v) is 19.1. The molecule has 1 amide bonds. The molecule has 0 bridgehead atoms. The number of rotatable bonds is 6. The highest BCUT2D eigenvalue weighted by molar-refractivity contribution is 7.89. The number of nitrogens with one attached hydrogen (secondary N) is 1. The van der Waals surface area contributed by atoms with Gasteiger partial charge in [0.05, 0.1) is 11.5 Å². The molecule has 0 saturated carbocycles. The number of carbonyl (C=O) groups excluding carboxylic acids is 1. The smallest absolute Gasteiger partial charge is 0.250 e. The van der Waals surface area contributed by atoms with Crippen molar-refractivity contribution in [2.75, 3.05) is 18.5 Å². The highest BCUT2D eigenvalue weighted by atomic mass is 32.2. The Labute approximate surface area is 186 Å². The van der Waals surface area contributed by atoms with Gasteiger partial charge in [-0.2, -0.15) is 0 Å². The third kappa shape index (κ3) is 5.13. The SMILES string of the molecule is CC1(C)OC2OC(COCC(=O)Nc3ccc(S(N)(=O)=O)cc3)C3OC(C)(C)OC3C2O1. The van der Waals surface area contributed by atoms with Crippen molar-refractivity contribution in [3.8, 4) is 0 Å². The number of sulfonamides is 1. The Kier molecular flexibility index (Phi) is 6.09. The van der Waals surface area contributed by atoms with Crippen LogP contribution in [0.4, 0.5) is 5.69 Å². The summed E-state index contributed by atoms with van der Waals surface area (Å²) < 4.78 is 58.0. The van der Waals surface area contributed by atoms with Gasteiger partial charge in [0.2, 0.25) is 15.9 Å². The fraction of sp³-hybridized carbons (Fsp3) is 0.650. The van der Waals surface area contributed by atoms with Crippen molar-refractivity contribution < 1.29 is 41.6 Å². The lowest BCUT2D eigenvalue weighted by molar-refractivity contribution is -0.242. The molecule has 12 heteroatoms. The summed E-state index contributed by atoms with van der Waals surface area (Å²) in [4.78, 5) is 12.2. The third-order valence-corrected chi connectivity index (χ3v) is 6.16. The maximum absolute atomic E-state index is 12.2. The first-order valence-corrected chi connectivity index (χ1v) is 11.7. The van der Waals surface area contributed by atoms with Gasteiger partial charge in [0, 0.05) is 5.69 Å². The molecule has 3 aliphatic heterocycles. The van der Waals surface area contributed by atoms with Crippen LogP contribution in [0.5, 0.6) is 0 Å². The highest BCUT2D eigenvalue weighted by Crippen LogP contribution is 2.44. The van der Waals surface area contributed by atoms with E-state index in [2.05, 4.69) is 5.32 Å². The average Bonchev–Trinajstić information content (AvgIpc) is 3.15. The van der Waals surface area contributed by atoms with Crippen LogP contribution in [-0.4, -0.2) is 69.8 Å². The zero-order valence-electron chi connectivity index (χ0n) is 18.3. The molecule has 3 heterocycles. The normalized spacial score (nSPS) is 32.8. The number of ether oxygens (including phenoxy) is 6. The number of fused-ring (bicyclic) bond motifs is 3. The van der Waals surface area contributed by atoms with Gasteiger partial charge < -0.3 is 33.7 Å². The summed E-state index contributed by atoms with van der Waals surface area (Å²) in [6, 6.07) is 5.50. The molecule has 1 aromatic carbocycles. The molecule has 0 spiro atoms. The topological polar surface area (TPSA) is 145 Å². The molecule has 178 valence electrons. The van der Waals surface area contributed by atoms with Crippen molar-refractivity contribution >= 4 is 21.6 Å². The van der Waals surface area contributed by atoms with Crippen molar-refractivity contribution in [1.82, 2.24) is 0 Å². The molecule has 3 fully saturated rings. The number of carbonyl (C=O) groups is 1. The molecule has 5 unspecified atom stereocenters. The number of hydrogen-bond acceptors (Lipinski definition) is 9. The van der Waals surface area contributed by atoms with Crippen LogP contribution in [0.2, 0.25) is 0 Å². The molecule has 0 aliphatic carbocycles. The number of primary sulfonamides is 1. The molecule has 3 saturated heterocycles. The van der Waals surface area contributed by atoms with E-state index in [4.69, 9.17) is 33.6 Å². The predicted molar refractivity (Wildman–Crippen MR) is 110 cm³/mol. The van der Waals surface area contributed by atoms with E-state index in [0.29, 0.717) is 5.69 Å². The van der Waals surface area contributed by atoms with Gasteiger partial charge in [-0.3, -0.25) is 4.79 Å². The Hall–Kier alpha value is -1.64. The van der Waals surface area contributed by atoms with Gasteiger partial charge in [-0.15, -0.1) is 0 Å². The number of anilines is 1. The predicted octanol–water partition coefficient (Wildman–Crippen LogP) is 0.686. The first-order chi connectivity index (χ1) is 14.8. The van der Waals surface area contributed by atoms with Gasteiger partial charge in [-0.25, -0.2) is 13.6 Å². The summed E-state index contributed by atoms with van der Waals surface area (Å²) in [5.41, 5.74) is 0.413. The zero-order chi connectivity index (χ0) is 23.3. The lowest BCUT2D eigenvalue weighted by Gasteiger charge is -2.37. The molecule has 0 aromatic heterocycles. The Bertz CT molecular complexity index is 964. The monoisotopic (exact) mass is 472 g/mol. The summed E-state index contributed by atoms with van der Waals surface area (Å²) in [5.74, 6) is -2.04. The Balaban J connectivity index is 1.32. The minimum Gasteiger partial charge on any atom is -0.369 e. The van der Waals surface area contributed by atoms with Gasteiger partial charge in [0.15, 0.2) is 17.9 Å². The van der Waals surface area contributed by atoms with Crippen molar-refractivity contribution in [2.24, 2.45) is 5.14 Å². The van der Waals surface area contributed by atoms with E-state index >= 15 is 0 Å². The largest absolute Gasteiger partial charge is 0.369 e. The van der Waals surface area contributed by atoms with Crippen LogP contribution in [0.1, 0.15) is 27.7 Å². The van der Waals surface area contributed by atoms with E-state index in [0.717, 1.165) is 0 Å². The molecule has 4 rings (SSSR count). The second-order valence-corrected chi connectivity index (χ2v) is 10.4. The van der Waals surface area contributed by atoms with E-state index in [1.54, 1.807) is 13.8 Å². The maximum Gasteiger partial charge on any atom is 0.250 e. The van der Waals surface area contributed by atoms with Gasteiger partial charge >= 0.3 is 0 Å². The number of benzene rings is 1. The Morgan fingerprint density at radius 2 is 1.59 bits per heavy atom. The molecule has 3 N–H and O–H groups in total. The van der Waals surface area contributed by atoms with E-state index in [-0.39, 0.29) is 18.1 Å². The lowest BCUT2D eigenvalue weighted by atomic mass is 9.99. The van der Waals surface area contributed by atoms with Crippen LogP contribution in [-0.2, 0) is 43.2 Å². The molecule has 0 radical (unpaired) electrons. The van der Waals surface area contributed by atoms with E-state index < -0.39 is 58.2 Å². The minimum absolute atomic E-state index is 0.0444. The van der Waals surface area contributed by atoms with E-state index in [1.807, 2.05) is 13.8 Å². The van der Waals surface area contributed by atoms with Crippen LogP contribution in [0.15, 0.2) is 29.2 Å². The molecule has 1 aromatic rings. The van der Waals surface area contributed by atoms with Crippen molar-refractivity contribution in [1.29, 1.82) is 0 Å². The molecular formula is C20H28N2O9S. The molecule has 5 atom stereocenters. The number of hydrogen-bond donors (Lipinski definition) is 2. The van der Waals surface area contributed by atoms with Crippen LogP contribution in [0.3, 0.4) is 0 Å². The van der Waals surface area contributed by atoms with Gasteiger partial charge in [0.1, 0.15) is 31.0 Å². The van der Waals surface area contributed by atoms with Gasteiger partial charge in [-0.05, 0) is 52.0 Å². The van der Waals surface area contributed by atoms with Crippen molar-refractivity contribution in [3.63, 3.8) is 0 Å². The fourth-order valence-corrected chi connectivity index (χ4v) is 4.54. The standard InChI is InChI=1S/C20H28N2O9S/c1-19(2)28-15-13(27-18-17(16(15)29-19)30-20(3,4)31-18)9-26-10-14(23)22-11-5-7-12(8-6-11)32(21,24)25/h5-8,13,15-18H,9-10H2,1-4H3,(H,22,23)(H2,21,24,25). The lowest BCUT2D eigenvalue weighted by Crippen LogP contribution is -2.56. The van der Waals surface area contributed by atoms with E-state index in [1.165, 1.54) is 24.3 Å². The third-order valence-electron chi connectivity index (χ3n) is 5.23. The van der Waals surface area contributed by atoms with Crippen molar-refractivity contribution in [3.05, 3.63) is 24.3 Å². The summed E-state index contributed by atoms with van der Waals surface area (Å²) >= 11 is 0. The minimum atomic E-state index is -3.80. The summed E-state index contributed by atoms with van der Waals surface area (Å²) in [5, 5.41) is 7.69. The van der Waals surface area contributed by atoms with Crippen LogP contribution in [0.25, 0.3) is 0 Å². The number of amides is 1. The molecule has 32 heavy (non-hydrogen) atoms. The first-order valence-electron chi connectivity index (χ1n) is 10.2. The highest BCUT2D eigenvalue weighted by Gasteiger charge is 2.60. The van der Waals surface area contributed by atoms with Gasteiger partial charge in [0.25, 0.3) is 0 Å². The number of nitrogens with two attached hydrogens (primary N) is 1. The van der Waals surface area contributed by atoms with Crippen LogP contribution < -0.4 is 10.5 Å². The summed E-state index contributed by atoms with van der Waals surface area (Å²) in [7, 11) is -3.80. The summed E-state index contributed by atoms with van der Waals surface area (Å²) in [6.45, 7) is 7.06. The first kappa shape index (κ1) is 23.5. The Morgan fingerprint density at radius 1 is 1.00 bits per heavy atom. The van der Waals surface area contributed by atoms with Crippen LogP contribution in [0, 0.1) is 0 Å². The fourth-order valence-electron chi connectivity index (χ4n) is 4.02. The van der Waals surface area contributed by atoms with Crippen LogP contribution >= 0.6 is 0 Å². The second-order valence-electron chi connectivity index (χ2n) is 8.84. The van der Waals surface area contributed by atoms with Crippen molar-refractivity contribution in [2.45, 2.75) is 74.9 Å². The van der Waals surface area contributed by atoms with E-state index in [9.17, 15) is 13.2 Å². The Morgan fingerprint density at radius 3 is 2.25 bits per heavy atom. The maximum atomic E-state index is 12.2. The van der Waals surface area contributed by atoms with Gasteiger partial charge in [-0.1, -0.05) is 0 Å². The second kappa shape index (κ2) is 8.29.